The van der Waals surface area contributed by atoms with Crippen LogP contribution >= 0.6 is 0 Å². The molecule has 0 spiro atoms. The van der Waals surface area contributed by atoms with E-state index in [4.69, 9.17) is 18.9 Å². The lowest BCUT2D eigenvalue weighted by molar-refractivity contribution is -0.164. The fraction of sp³-hybridized carbons (Fsp3) is 0.500. The van der Waals surface area contributed by atoms with Crippen LogP contribution in [0.4, 0.5) is 15.4 Å². The summed E-state index contributed by atoms with van der Waals surface area (Å²) in [5, 5.41) is 32.0. The number of rotatable bonds is 11. The van der Waals surface area contributed by atoms with Crippen LogP contribution < -0.4 is 10.6 Å². The molecule has 3 aromatic rings. The number of hydrogen-bond donors (Lipinski definition) is 3. The van der Waals surface area contributed by atoms with Crippen molar-refractivity contribution < 1.29 is 52.8 Å². The number of nitrogens with zero attached hydrogens (tertiary/aromatic N) is 4. The van der Waals surface area contributed by atoms with E-state index in [0.717, 1.165) is 13.3 Å². The molecule has 4 rings (SSSR count). The minimum absolute atomic E-state index is 0.0322. The molecule has 17 nitrogen and oxygen atoms in total. The van der Waals surface area contributed by atoms with Gasteiger partial charge in [0.05, 0.1) is 24.8 Å². The number of aromatic nitrogens is 3. The Morgan fingerprint density at radius 2 is 1.72 bits per heavy atom. The van der Waals surface area contributed by atoms with Crippen LogP contribution in [0.2, 0.25) is 0 Å². The lowest BCUT2D eigenvalue weighted by atomic mass is 9.81. The molecule has 1 aromatic carbocycles. The number of nitriles is 1. The third kappa shape index (κ3) is 9.98. The molecule has 2 aromatic heterocycles. The molecule has 1 saturated carbocycles. The van der Waals surface area contributed by atoms with Crippen LogP contribution in [0.3, 0.4) is 0 Å². The summed E-state index contributed by atoms with van der Waals surface area (Å²) in [4.78, 5) is 67.0. The molecule has 0 aliphatic heterocycles. The molecule has 1 aliphatic rings. The average Bonchev–Trinajstić information content (AvgIpc) is 3.61. The number of esters is 3. The maximum Gasteiger partial charge on any atom is 0.415 e. The molecule has 5 atom stereocenters. The van der Waals surface area contributed by atoms with Gasteiger partial charge < -0.3 is 34.1 Å². The summed E-state index contributed by atoms with van der Waals surface area (Å²) in [6.07, 6.45) is -4.07. The number of alkyl carbamates (subject to hydrolysis) is 1. The minimum Gasteiger partial charge on any atom is -0.465 e. The lowest BCUT2D eigenvalue weighted by Crippen LogP contribution is -2.53. The topological polar surface area (TPSA) is 230 Å². The van der Waals surface area contributed by atoms with Crippen molar-refractivity contribution in [2.75, 3.05) is 18.7 Å². The number of anilines is 1. The summed E-state index contributed by atoms with van der Waals surface area (Å²) in [5.41, 5.74) is -2.49. The molecule has 53 heavy (non-hydrogen) atoms. The molecule has 2 amide bonds. The van der Waals surface area contributed by atoms with Gasteiger partial charge in [-0.1, -0.05) is 51.1 Å². The van der Waals surface area contributed by atoms with Gasteiger partial charge in [-0.2, -0.15) is 10.4 Å². The van der Waals surface area contributed by atoms with Crippen LogP contribution in [0.15, 0.2) is 48.8 Å². The Morgan fingerprint density at radius 1 is 1.02 bits per heavy atom. The van der Waals surface area contributed by atoms with Gasteiger partial charge in [-0.3, -0.25) is 14.9 Å². The van der Waals surface area contributed by atoms with Crippen molar-refractivity contribution >= 4 is 41.4 Å². The Bertz CT molecular complexity index is 1860. The number of carbonyl (C=O) groups is 5. The van der Waals surface area contributed by atoms with Gasteiger partial charge in [-0.25, -0.2) is 23.9 Å². The Balaban J connectivity index is 1.66. The first-order valence-corrected chi connectivity index (χ1v) is 16.7. The van der Waals surface area contributed by atoms with Gasteiger partial charge in [0, 0.05) is 12.8 Å². The summed E-state index contributed by atoms with van der Waals surface area (Å²) in [6, 6.07) is 12.8. The molecule has 0 bridgehead atoms. The zero-order valence-electron chi connectivity index (χ0n) is 30.6. The number of aliphatic hydroxyl groups is 1. The summed E-state index contributed by atoms with van der Waals surface area (Å²) in [6.45, 7) is 10.3. The molecule has 0 saturated heterocycles. The third-order valence-corrected chi connectivity index (χ3v) is 8.31. The maximum atomic E-state index is 13.9. The third-order valence-electron chi connectivity index (χ3n) is 8.31. The quantitative estimate of drug-likeness (QED) is 0.145. The second kappa shape index (κ2) is 16.3. The molecule has 17 heteroatoms. The summed E-state index contributed by atoms with van der Waals surface area (Å²) >= 11 is 0. The first-order chi connectivity index (χ1) is 24.8. The first-order valence-electron chi connectivity index (χ1n) is 16.7. The van der Waals surface area contributed by atoms with Crippen LogP contribution in [-0.2, 0) is 49.9 Å². The van der Waals surface area contributed by atoms with Crippen molar-refractivity contribution in [2.24, 2.45) is 11.3 Å². The van der Waals surface area contributed by atoms with Gasteiger partial charge in [-0.05, 0) is 50.3 Å². The highest BCUT2D eigenvalue weighted by Gasteiger charge is 2.59. The number of hydrogen-bond acceptors (Lipinski definition) is 14. The van der Waals surface area contributed by atoms with Crippen molar-refractivity contribution in [3.05, 3.63) is 60.0 Å². The predicted molar refractivity (Wildman–Crippen MR) is 185 cm³/mol. The van der Waals surface area contributed by atoms with Crippen molar-refractivity contribution in [1.82, 2.24) is 19.9 Å². The van der Waals surface area contributed by atoms with Gasteiger partial charge in [0.15, 0.2) is 5.82 Å². The Kier molecular flexibility index (Phi) is 12.3. The van der Waals surface area contributed by atoms with E-state index in [1.807, 2.05) is 6.07 Å². The largest absolute Gasteiger partial charge is 0.465 e. The number of carbonyl (C=O) groups excluding carboxylic acids is 5. The van der Waals surface area contributed by atoms with E-state index in [1.54, 1.807) is 65.8 Å². The number of ether oxygens (including phenoxy) is 5. The number of aliphatic hydroxyl groups excluding tert-OH is 1. The van der Waals surface area contributed by atoms with E-state index in [1.165, 1.54) is 16.6 Å². The number of nitrogens with one attached hydrogen (secondary N) is 2. The van der Waals surface area contributed by atoms with Gasteiger partial charge in [0.25, 0.3) is 0 Å². The van der Waals surface area contributed by atoms with Gasteiger partial charge in [0.1, 0.15) is 41.1 Å². The van der Waals surface area contributed by atoms with E-state index >= 15 is 0 Å². The van der Waals surface area contributed by atoms with Gasteiger partial charge in [-0.15, -0.1) is 0 Å². The highest BCUT2D eigenvalue weighted by molar-refractivity contribution is 5.89. The van der Waals surface area contributed by atoms with E-state index < -0.39 is 77.5 Å². The van der Waals surface area contributed by atoms with E-state index in [9.17, 15) is 34.3 Å². The van der Waals surface area contributed by atoms with Crippen LogP contribution in [0.25, 0.3) is 5.52 Å². The maximum absolute atomic E-state index is 13.9. The predicted octanol–water partition coefficient (Wildman–Crippen LogP) is 3.58. The fourth-order valence-corrected chi connectivity index (χ4v) is 5.86. The molecule has 284 valence electrons. The molecular formula is C36H44N6O11. The molecule has 0 unspecified atom stereocenters. The van der Waals surface area contributed by atoms with Crippen LogP contribution in [0, 0.1) is 22.7 Å². The van der Waals surface area contributed by atoms with E-state index in [2.05, 4.69) is 31.5 Å². The first kappa shape index (κ1) is 40.0. The monoisotopic (exact) mass is 736 g/mol. The van der Waals surface area contributed by atoms with Crippen LogP contribution in [0.5, 0.6) is 0 Å². The molecule has 1 fully saturated rings. The van der Waals surface area contributed by atoms with Gasteiger partial charge in [0.2, 0.25) is 6.79 Å². The second-order valence-electron chi connectivity index (χ2n) is 14.6. The fourth-order valence-electron chi connectivity index (χ4n) is 5.86. The average molecular weight is 737 g/mol. The minimum atomic E-state index is -1.80. The van der Waals surface area contributed by atoms with Crippen molar-refractivity contribution in [1.29, 1.82) is 5.26 Å². The Hall–Kier alpha value is -5.76. The molecular weight excluding hydrogens is 692 g/mol. The number of benzene rings is 1. The molecule has 2 heterocycles. The Labute approximate surface area is 305 Å². The highest BCUT2D eigenvalue weighted by Crippen LogP contribution is 2.46. The number of fused-ring (bicyclic) bond motifs is 1. The van der Waals surface area contributed by atoms with Crippen LogP contribution in [-0.4, -0.2) is 87.0 Å². The normalized spacial score (nSPS) is 20.4. The summed E-state index contributed by atoms with van der Waals surface area (Å²) in [7, 11) is 0. The Morgan fingerprint density at radius 3 is 2.34 bits per heavy atom. The summed E-state index contributed by atoms with van der Waals surface area (Å²) < 4.78 is 27.7. The lowest BCUT2D eigenvalue weighted by Gasteiger charge is -2.33. The molecule has 1 aliphatic carbocycles. The van der Waals surface area contributed by atoms with Crippen molar-refractivity contribution in [2.45, 2.75) is 90.6 Å². The molecule has 3 N–H and O–H groups in total. The van der Waals surface area contributed by atoms with E-state index in [-0.39, 0.29) is 36.5 Å². The van der Waals surface area contributed by atoms with Crippen molar-refractivity contribution in [3.8, 4) is 6.07 Å². The SMILES string of the molecule is CC(=O)OCOC(=O)Nc1ncnn2c([C@]3(C#N)C[C@H](COC(=O)Cc4ccccc4)[C@@H](OC(=O)[C@@H](NC(=O)OC(C)(C)C)C(C)(C)C)[C@H]3O)ccc12. The smallest absolute Gasteiger partial charge is 0.415 e. The zero-order valence-corrected chi connectivity index (χ0v) is 30.6. The number of amides is 2. The highest BCUT2D eigenvalue weighted by atomic mass is 16.7. The second-order valence-corrected chi connectivity index (χ2v) is 14.6. The standard InChI is InChI=1S/C36H44N6O11/c1-21(43)50-20-51-32(47)41-30-24-13-14-25(42(24)39-19-38-30)36(18-37)16-23(17-49-26(44)15-22-11-9-8-10-12-22)27(29(36)45)52-31(46)28(34(2,3)4)40-33(48)53-35(5,6)7/h8-14,19,23,27-29,45H,15-17,20H2,1-7H3,(H,40,48)(H,38,39,41,47)/t23-,27-,28-,29-,36-/m1/s1. The van der Waals surface area contributed by atoms with E-state index in [0.29, 0.717) is 5.56 Å². The van der Waals surface area contributed by atoms with Gasteiger partial charge >= 0.3 is 30.1 Å². The van der Waals surface area contributed by atoms with Crippen molar-refractivity contribution in [3.63, 3.8) is 0 Å². The molecule has 0 radical (unpaired) electrons. The summed E-state index contributed by atoms with van der Waals surface area (Å²) in [5.74, 6) is -3.09. The van der Waals surface area contributed by atoms with Crippen LogP contribution in [0.1, 0.15) is 66.1 Å². The zero-order chi connectivity index (χ0) is 39.1.